The van der Waals surface area contributed by atoms with Gasteiger partial charge in [0.25, 0.3) is 0 Å². The van der Waals surface area contributed by atoms with Crippen molar-refractivity contribution in [3.63, 3.8) is 0 Å². The van der Waals surface area contributed by atoms with Gasteiger partial charge in [0.05, 0.1) is 0 Å². The lowest BCUT2D eigenvalue weighted by molar-refractivity contribution is 0.468. The number of rotatable bonds is 0. The van der Waals surface area contributed by atoms with Crippen LogP contribution in [0.2, 0.25) is 5.15 Å². The normalized spacial score (nSPS) is 9.90. The molecule has 3 heteroatoms. The number of pyridine rings is 1. The van der Waals surface area contributed by atoms with E-state index in [0.29, 0.717) is 0 Å². The van der Waals surface area contributed by atoms with Crippen molar-refractivity contribution in [2.45, 2.75) is 13.8 Å². The Hall–Kier alpha value is -0.760. The van der Waals surface area contributed by atoms with Crippen molar-refractivity contribution >= 4 is 11.6 Å². The largest absolute Gasteiger partial charge is 0.505 e. The lowest BCUT2D eigenvalue weighted by Gasteiger charge is -2.00. The van der Waals surface area contributed by atoms with Crippen molar-refractivity contribution in [2.75, 3.05) is 0 Å². The predicted octanol–water partition coefficient (Wildman–Crippen LogP) is 2.06. The van der Waals surface area contributed by atoms with Crippen LogP contribution in [-0.2, 0) is 0 Å². The minimum Gasteiger partial charge on any atom is -0.505 e. The Morgan fingerprint density at radius 3 is 2.60 bits per heavy atom. The van der Waals surface area contributed by atoms with E-state index in [1.54, 1.807) is 13.0 Å². The highest BCUT2D eigenvalue weighted by molar-refractivity contribution is 6.30. The van der Waals surface area contributed by atoms with E-state index < -0.39 is 0 Å². The Morgan fingerprint density at radius 2 is 2.10 bits per heavy atom. The van der Waals surface area contributed by atoms with Gasteiger partial charge in [0.2, 0.25) is 0 Å². The predicted molar refractivity (Wildman–Crippen MR) is 40.4 cm³/mol. The number of aromatic nitrogens is 1. The first-order chi connectivity index (χ1) is 4.61. The SMILES string of the molecule is Cc1cc(C)c(O)c(Cl)n1. The molecule has 54 valence electrons. The van der Waals surface area contributed by atoms with Crippen LogP contribution in [0, 0.1) is 13.8 Å². The second kappa shape index (κ2) is 2.46. The van der Waals surface area contributed by atoms with E-state index in [9.17, 15) is 0 Å². The summed E-state index contributed by atoms with van der Waals surface area (Å²) in [5.74, 6) is 0.0762. The average molecular weight is 158 g/mol. The number of nitrogens with zero attached hydrogens (tertiary/aromatic N) is 1. The minimum atomic E-state index is 0.0762. The summed E-state index contributed by atoms with van der Waals surface area (Å²) in [5.41, 5.74) is 1.58. The van der Waals surface area contributed by atoms with Gasteiger partial charge in [0.1, 0.15) is 0 Å². The first kappa shape index (κ1) is 7.35. The molecule has 0 saturated heterocycles. The maximum absolute atomic E-state index is 9.14. The van der Waals surface area contributed by atoms with E-state index >= 15 is 0 Å². The minimum absolute atomic E-state index is 0.0762. The smallest absolute Gasteiger partial charge is 0.171 e. The van der Waals surface area contributed by atoms with Crippen LogP contribution in [0.1, 0.15) is 11.3 Å². The zero-order valence-electron chi connectivity index (χ0n) is 5.85. The van der Waals surface area contributed by atoms with Crippen molar-refractivity contribution in [2.24, 2.45) is 0 Å². The highest BCUT2D eigenvalue weighted by Gasteiger charge is 2.02. The summed E-state index contributed by atoms with van der Waals surface area (Å²) in [6.07, 6.45) is 0. The molecular weight excluding hydrogens is 150 g/mol. The van der Waals surface area contributed by atoms with Gasteiger partial charge in [-0.3, -0.25) is 0 Å². The van der Waals surface area contributed by atoms with E-state index in [-0.39, 0.29) is 10.9 Å². The van der Waals surface area contributed by atoms with Crippen LogP contribution >= 0.6 is 11.6 Å². The molecular formula is C7H8ClNO. The van der Waals surface area contributed by atoms with Gasteiger partial charge in [-0.05, 0) is 25.5 Å². The Labute approximate surface area is 64.5 Å². The van der Waals surface area contributed by atoms with E-state index in [2.05, 4.69) is 4.98 Å². The summed E-state index contributed by atoms with van der Waals surface area (Å²) in [6, 6.07) is 1.78. The molecule has 0 radical (unpaired) electrons. The molecule has 0 saturated carbocycles. The van der Waals surface area contributed by atoms with Gasteiger partial charge >= 0.3 is 0 Å². The van der Waals surface area contributed by atoms with Gasteiger partial charge in [-0.15, -0.1) is 0 Å². The molecule has 1 aromatic heterocycles. The highest BCUT2D eigenvalue weighted by Crippen LogP contribution is 2.24. The van der Waals surface area contributed by atoms with Crippen LogP contribution in [0.25, 0.3) is 0 Å². The summed E-state index contributed by atoms with van der Waals surface area (Å²) in [4.78, 5) is 3.85. The highest BCUT2D eigenvalue weighted by atomic mass is 35.5. The van der Waals surface area contributed by atoms with Crippen LogP contribution in [-0.4, -0.2) is 10.1 Å². The van der Waals surface area contributed by atoms with Crippen molar-refractivity contribution in [1.29, 1.82) is 0 Å². The van der Waals surface area contributed by atoms with Crippen LogP contribution < -0.4 is 0 Å². The molecule has 0 unspecified atom stereocenters. The van der Waals surface area contributed by atoms with Crippen LogP contribution in [0.3, 0.4) is 0 Å². The van der Waals surface area contributed by atoms with Crippen LogP contribution in [0.4, 0.5) is 0 Å². The molecule has 0 spiro atoms. The molecule has 1 aromatic rings. The maximum Gasteiger partial charge on any atom is 0.171 e. The van der Waals surface area contributed by atoms with Gasteiger partial charge in [0, 0.05) is 5.69 Å². The Kier molecular flexibility index (Phi) is 1.81. The van der Waals surface area contributed by atoms with Crippen molar-refractivity contribution in [1.82, 2.24) is 4.98 Å². The van der Waals surface area contributed by atoms with Gasteiger partial charge in [0.15, 0.2) is 10.9 Å². The zero-order chi connectivity index (χ0) is 7.72. The maximum atomic E-state index is 9.14. The van der Waals surface area contributed by atoms with Gasteiger partial charge in [-0.1, -0.05) is 11.6 Å². The van der Waals surface area contributed by atoms with Crippen molar-refractivity contribution in [3.8, 4) is 5.75 Å². The van der Waals surface area contributed by atoms with E-state index in [1.807, 2.05) is 6.92 Å². The van der Waals surface area contributed by atoms with Gasteiger partial charge in [-0.25, -0.2) is 4.98 Å². The fraction of sp³-hybridized carbons (Fsp3) is 0.286. The van der Waals surface area contributed by atoms with Gasteiger partial charge < -0.3 is 5.11 Å². The number of hydrogen-bond acceptors (Lipinski definition) is 2. The molecule has 1 rings (SSSR count). The lowest BCUT2D eigenvalue weighted by Crippen LogP contribution is -1.84. The molecule has 0 atom stereocenters. The summed E-state index contributed by atoms with van der Waals surface area (Å²) in [6.45, 7) is 3.62. The van der Waals surface area contributed by atoms with Crippen LogP contribution in [0.5, 0.6) is 5.75 Å². The quantitative estimate of drug-likeness (QED) is 0.585. The van der Waals surface area contributed by atoms with E-state index in [0.717, 1.165) is 11.3 Å². The first-order valence-corrected chi connectivity index (χ1v) is 3.32. The molecule has 0 aromatic carbocycles. The second-order valence-electron chi connectivity index (χ2n) is 2.22. The van der Waals surface area contributed by atoms with E-state index in [1.165, 1.54) is 0 Å². The molecule has 0 fully saturated rings. The molecule has 1 heterocycles. The molecule has 0 aliphatic carbocycles. The average Bonchev–Trinajstić information content (AvgIpc) is 1.82. The topological polar surface area (TPSA) is 33.1 Å². The fourth-order valence-corrected chi connectivity index (χ4v) is 1.07. The molecule has 1 N–H and O–H groups in total. The third-order valence-corrected chi connectivity index (χ3v) is 1.53. The summed E-state index contributed by atoms with van der Waals surface area (Å²) in [7, 11) is 0. The molecule has 0 aliphatic heterocycles. The molecule has 0 amide bonds. The standard InChI is InChI=1S/C7H8ClNO/c1-4-3-5(2)9-7(8)6(4)10/h3,10H,1-2H3. The molecule has 0 bridgehead atoms. The first-order valence-electron chi connectivity index (χ1n) is 2.94. The molecule has 2 nitrogen and oxygen atoms in total. The summed E-state index contributed by atoms with van der Waals surface area (Å²) < 4.78 is 0. The number of hydrogen-bond donors (Lipinski definition) is 1. The third-order valence-electron chi connectivity index (χ3n) is 1.27. The molecule has 0 aliphatic rings. The number of halogens is 1. The number of aromatic hydroxyl groups is 1. The third kappa shape index (κ3) is 1.21. The monoisotopic (exact) mass is 157 g/mol. The van der Waals surface area contributed by atoms with E-state index in [4.69, 9.17) is 16.7 Å². The summed E-state index contributed by atoms with van der Waals surface area (Å²) in [5, 5.41) is 9.31. The van der Waals surface area contributed by atoms with Crippen LogP contribution in [0.15, 0.2) is 6.07 Å². The fourth-order valence-electron chi connectivity index (χ4n) is 0.784. The zero-order valence-corrected chi connectivity index (χ0v) is 6.61. The van der Waals surface area contributed by atoms with Crippen molar-refractivity contribution < 1.29 is 5.11 Å². The Morgan fingerprint density at radius 1 is 1.50 bits per heavy atom. The Balaban J connectivity index is 3.31. The number of aryl methyl sites for hydroxylation is 2. The molecule has 10 heavy (non-hydrogen) atoms. The van der Waals surface area contributed by atoms with Crippen molar-refractivity contribution in [3.05, 3.63) is 22.5 Å². The summed E-state index contributed by atoms with van der Waals surface area (Å²) >= 11 is 5.56. The van der Waals surface area contributed by atoms with Gasteiger partial charge in [-0.2, -0.15) is 0 Å². The lowest BCUT2D eigenvalue weighted by atomic mass is 10.2. The Bertz CT molecular complexity index is 237. The second-order valence-corrected chi connectivity index (χ2v) is 2.58.